The summed E-state index contributed by atoms with van der Waals surface area (Å²) in [5.74, 6) is 5.61. The molecule has 9 heteroatoms. The van der Waals surface area contributed by atoms with Gasteiger partial charge < -0.3 is 14.6 Å². The van der Waals surface area contributed by atoms with Gasteiger partial charge in [-0.15, -0.1) is 0 Å². The first-order valence-corrected chi connectivity index (χ1v) is 7.37. The van der Waals surface area contributed by atoms with Crippen LogP contribution in [-0.2, 0) is 0 Å². The van der Waals surface area contributed by atoms with Crippen LogP contribution in [-0.4, -0.2) is 43.6 Å². The summed E-state index contributed by atoms with van der Waals surface area (Å²) in [6, 6.07) is 4.85. The number of benzene rings is 1. The van der Waals surface area contributed by atoms with Gasteiger partial charge in [0, 0.05) is 18.5 Å². The van der Waals surface area contributed by atoms with E-state index in [0.717, 1.165) is 5.56 Å². The van der Waals surface area contributed by atoms with E-state index in [4.69, 9.17) is 14.6 Å². The Morgan fingerprint density at radius 1 is 1.23 bits per heavy atom. The molecule has 2 N–H and O–H groups in total. The van der Waals surface area contributed by atoms with Gasteiger partial charge in [0.15, 0.2) is 0 Å². The highest BCUT2D eigenvalue weighted by molar-refractivity contribution is 5.87. The Morgan fingerprint density at radius 2 is 2.00 bits per heavy atom. The summed E-state index contributed by atoms with van der Waals surface area (Å²) in [4.78, 5) is 19.3. The SMILES string of the molecule is COc1ccc(Oc2nn[nH]c2C(=O)O)cc1C#Cc1ncc(C)cn1. The van der Waals surface area contributed by atoms with Crippen LogP contribution in [0.15, 0.2) is 30.6 Å². The van der Waals surface area contributed by atoms with Gasteiger partial charge in [-0.2, -0.15) is 0 Å². The van der Waals surface area contributed by atoms with E-state index in [1.807, 2.05) is 6.92 Å². The summed E-state index contributed by atoms with van der Waals surface area (Å²) < 4.78 is 10.8. The number of aryl methyl sites for hydroxylation is 1. The fourth-order valence-corrected chi connectivity index (χ4v) is 1.97. The molecule has 0 aliphatic rings. The predicted octanol–water partition coefficient (Wildman–Crippen LogP) is 1.80. The lowest BCUT2D eigenvalue weighted by Gasteiger charge is -2.07. The molecule has 0 aliphatic heterocycles. The van der Waals surface area contributed by atoms with Crippen LogP contribution in [0.3, 0.4) is 0 Å². The van der Waals surface area contributed by atoms with Crippen LogP contribution < -0.4 is 9.47 Å². The molecule has 0 atom stereocenters. The van der Waals surface area contributed by atoms with Crippen molar-refractivity contribution in [3.05, 3.63) is 53.2 Å². The van der Waals surface area contributed by atoms with Crippen molar-refractivity contribution in [2.75, 3.05) is 7.11 Å². The van der Waals surface area contributed by atoms with Gasteiger partial charge in [-0.25, -0.2) is 19.9 Å². The normalized spacial score (nSPS) is 9.92. The molecular formula is C17H13N5O4. The van der Waals surface area contributed by atoms with E-state index < -0.39 is 5.97 Å². The topological polar surface area (TPSA) is 123 Å². The summed E-state index contributed by atoms with van der Waals surface area (Å²) in [5, 5.41) is 18.4. The first-order chi connectivity index (χ1) is 12.6. The Morgan fingerprint density at radius 3 is 2.69 bits per heavy atom. The molecule has 1 aromatic carbocycles. The summed E-state index contributed by atoms with van der Waals surface area (Å²) >= 11 is 0. The molecule has 0 radical (unpaired) electrons. The van der Waals surface area contributed by atoms with Gasteiger partial charge in [-0.05, 0) is 30.5 Å². The molecule has 0 saturated heterocycles. The second kappa shape index (κ2) is 7.31. The monoisotopic (exact) mass is 351 g/mol. The summed E-state index contributed by atoms with van der Waals surface area (Å²) in [6.45, 7) is 1.89. The maximum Gasteiger partial charge on any atom is 0.359 e. The average molecular weight is 351 g/mol. The summed E-state index contributed by atoms with van der Waals surface area (Å²) in [7, 11) is 1.52. The van der Waals surface area contributed by atoms with E-state index >= 15 is 0 Å². The van der Waals surface area contributed by atoms with E-state index in [0.29, 0.717) is 22.9 Å². The lowest BCUT2D eigenvalue weighted by Crippen LogP contribution is -2.00. The molecule has 0 unspecified atom stereocenters. The van der Waals surface area contributed by atoms with Gasteiger partial charge in [0.05, 0.1) is 12.7 Å². The number of ether oxygens (including phenoxy) is 2. The Hall–Kier alpha value is -3.93. The molecule has 3 aromatic rings. The van der Waals surface area contributed by atoms with Gasteiger partial charge in [-0.1, -0.05) is 16.2 Å². The van der Waals surface area contributed by atoms with Gasteiger partial charge >= 0.3 is 5.97 Å². The second-order valence-corrected chi connectivity index (χ2v) is 5.10. The third kappa shape index (κ3) is 3.76. The Labute approximate surface area is 148 Å². The molecule has 3 rings (SSSR count). The second-order valence-electron chi connectivity index (χ2n) is 5.10. The first kappa shape index (κ1) is 16.9. The number of aromatic nitrogens is 5. The van der Waals surface area contributed by atoms with Crippen molar-refractivity contribution < 1.29 is 19.4 Å². The lowest BCUT2D eigenvalue weighted by molar-refractivity contribution is 0.0687. The Bertz CT molecular complexity index is 1000. The van der Waals surface area contributed by atoms with E-state index in [-0.39, 0.29) is 11.6 Å². The molecule has 0 saturated carbocycles. The number of methoxy groups -OCH3 is 1. The molecule has 9 nitrogen and oxygen atoms in total. The molecule has 0 fully saturated rings. The van der Waals surface area contributed by atoms with Crippen molar-refractivity contribution >= 4 is 5.97 Å². The zero-order chi connectivity index (χ0) is 18.5. The van der Waals surface area contributed by atoms with Crippen LogP contribution in [0.5, 0.6) is 17.4 Å². The molecule has 130 valence electrons. The molecule has 0 amide bonds. The van der Waals surface area contributed by atoms with Crippen LogP contribution in [0, 0.1) is 18.8 Å². The van der Waals surface area contributed by atoms with Crippen molar-refractivity contribution in [2.24, 2.45) is 0 Å². The van der Waals surface area contributed by atoms with Gasteiger partial charge in [-0.3, -0.25) is 0 Å². The van der Waals surface area contributed by atoms with Crippen molar-refractivity contribution in [3.8, 4) is 29.2 Å². The van der Waals surface area contributed by atoms with Gasteiger partial charge in [0.25, 0.3) is 5.88 Å². The number of aromatic amines is 1. The number of carbonyl (C=O) groups is 1. The highest BCUT2D eigenvalue weighted by atomic mass is 16.5. The minimum atomic E-state index is -1.23. The van der Waals surface area contributed by atoms with E-state index in [1.54, 1.807) is 30.6 Å². The number of rotatable bonds is 4. The Kier molecular flexibility index (Phi) is 4.76. The predicted molar refractivity (Wildman–Crippen MR) is 89.2 cm³/mol. The van der Waals surface area contributed by atoms with E-state index in [2.05, 4.69) is 37.2 Å². The van der Waals surface area contributed by atoms with Crippen LogP contribution in [0.1, 0.15) is 27.4 Å². The minimum absolute atomic E-state index is 0.150. The molecule has 2 heterocycles. The largest absolute Gasteiger partial charge is 0.495 e. The fourth-order valence-electron chi connectivity index (χ4n) is 1.97. The molecule has 0 spiro atoms. The van der Waals surface area contributed by atoms with Crippen molar-refractivity contribution in [1.29, 1.82) is 0 Å². The van der Waals surface area contributed by atoms with Crippen molar-refractivity contribution in [2.45, 2.75) is 6.92 Å². The number of hydrogen-bond acceptors (Lipinski definition) is 7. The van der Waals surface area contributed by atoms with Gasteiger partial charge in [0.2, 0.25) is 11.5 Å². The number of hydrogen-bond donors (Lipinski definition) is 2. The Balaban J connectivity index is 1.91. The smallest absolute Gasteiger partial charge is 0.359 e. The molecule has 0 bridgehead atoms. The lowest BCUT2D eigenvalue weighted by atomic mass is 10.2. The first-order valence-electron chi connectivity index (χ1n) is 7.37. The molecule has 0 aliphatic carbocycles. The third-order valence-electron chi connectivity index (χ3n) is 3.21. The van der Waals surface area contributed by atoms with Crippen LogP contribution >= 0.6 is 0 Å². The van der Waals surface area contributed by atoms with Crippen LogP contribution in [0.2, 0.25) is 0 Å². The number of nitrogens with zero attached hydrogens (tertiary/aromatic N) is 4. The standard InChI is InChI=1S/C17H13N5O4/c1-10-8-18-14(19-9-10)6-3-11-7-12(4-5-13(11)25-2)26-16-15(17(23)24)20-22-21-16/h4-5,7-9H,1-2H3,(H,23,24)(H,20,21,22). The molecular weight excluding hydrogens is 338 g/mol. The summed E-state index contributed by atoms with van der Waals surface area (Å²) in [5.41, 5.74) is 1.21. The number of aromatic carboxylic acids is 1. The maximum absolute atomic E-state index is 11.1. The zero-order valence-electron chi connectivity index (χ0n) is 13.8. The van der Waals surface area contributed by atoms with Gasteiger partial charge in [0.1, 0.15) is 11.5 Å². The fraction of sp³-hybridized carbons (Fsp3) is 0.118. The van der Waals surface area contributed by atoms with E-state index in [9.17, 15) is 4.79 Å². The highest BCUT2D eigenvalue weighted by Crippen LogP contribution is 2.27. The number of carboxylic acids is 1. The number of H-pyrrole nitrogens is 1. The van der Waals surface area contributed by atoms with Crippen LogP contribution in [0.25, 0.3) is 0 Å². The van der Waals surface area contributed by atoms with E-state index in [1.165, 1.54) is 7.11 Å². The number of nitrogens with one attached hydrogen (secondary N) is 1. The summed E-state index contributed by atoms with van der Waals surface area (Å²) in [6.07, 6.45) is 3.34. The third-order valence-corrected chi connectivity index (χ3v) is 3.21. The van der Waals surface area contributed by atoms with Crippen LogP contribution in [0.4, 0.5) is 0 Å². The maximum atomic E-state index is 11.1. The van der Waals surface area contributed by atoms with Crippen molar-refractivity contribution in [1.82, 2.24) is 25.4 Å². The quantitative estimate of drug-likeness (QED) is 0.682. The zero-order valence-corrected chi connectivity index (χ0v) is 13.8. The highest BCUT2D eigenvalue weighted by Gasteiger charge is 2.17. The molecule has 26 heavy (non-hydrogen) atoms. The van der Waals surface area contributed by atoms with Crippen molar-refractivity contribution in [3.63, 3.8) is 0 Å². The molecule has 2 aromatic heterocycles. The average Bonchev–Trinajstić information content (AvgIpc) is 3.10. The minimum Gasteiger partial charge on any atom is -0.495 e. The number of carboxylic acid groups (broad SMARTS) is 1.